The minimum Gasteiger partial charge on any atom is -0.350 e. The highest BCUT2D eigenvalue weighted by atomic mass is 32.2. The smallest absolute Gasteiger partial charge is 0.269 e. The normalized spacial score (nSPS) is 12.4. The molecule has 1 atom stereocenters. The predicted molar refractivity (Wildman–Crippen MR) is 105 cm³/mol. The van der Waals surface area contributed by atoms with E-state index >= 15 is 0 Å². The van der Waals surface area contributed by atoms with Gasteiger partial charge in [-0.2, -0.15) is 0 Å². The second-order valence-corrected chi connectivity index (χ2v) is 8.05. The number of nitrogens with one attached hydrogen (secondary N) is 2. The Morgan fingerprint density at radius 2 is 1.71 bits per heavy atom. The fourth-order valence-electron chi connectivity index (χ4n) is 2.57. The number of non-ortho nitro benzene ring substituents is 1. The average Bonchev–Trinajstić information content (AvgIpc) is 2.67. The van der Waals surface area contributed by atoms with Gasteiger partial charge in [-0.1, -0.05) is 31.2 Å². The van der Waals surface area contributed by atoms with E-state index in [9.17, 15) is 23.3 Å². The summed E-state index contributed by atoms with van der Waals surface area (Å²) in [6.45, 7) is 3.85. The van der Waals surface area contributed by atoms with Gasteiger partial charge in [-0.15, -0.1) is 0 Å². The monoisotopic (exact) mass is 405 g/mol. The highest BCUT2D eigenvalue weighted by molar-refractivity contribution is 7.89. The van der Waals surface area contributed by atoms with Crippen LogP contribution < -0.4 is 10.0 Å². The maximum Gasteiger partial charge on any atom is 0.269 e. The lowest BCUT2D eigenvalue weighted by Crippen LogP contribution is -2.32. The van der Waals surface area contributed by atoms with Crippen LogP contribution in [0.25, 0.3) is 0 Å². The molecule has 0 spiro atoms. The predicted octanol–water partition coefficient (Wildman–Crippen LogP) is 2.70. The van der Waals surface area contributed by atoms with E-state index in [0.717, 1.165) is 36.2 Å². The van der Waals surface area contributed by atoms with Crippen LogP contribution in [0.4, 0.5) is 5.69 Å². The molecule has 0 bridgehead atoms. The van der Waals surface area contributed by atoms with E-state index in [0.29, 0.717) is 0 Å². The van der Waals surface area contributed by atoms with Gasteiger partial charge >= 0.3 is 0 Å². The quantitative estimate of drug-likeness (QED) is 0.491. The highest BCUT2D eigenvalue weighted by Crippen LogP contribution is 2.16. The van der Waals surface area contributed by atoms with Crippen molar-refractivity contribution >= 4 is 21.6 Å². The molecule has 0 saturated heterocycles. The SMILES string of the molecule is CCc1ccc([C@@H](C)NC(=O)CCNS(=O)(=O)c2ccc([N+](=O)[O-])cc2)cc1. The number of benzene rings is 2. The molecule has 2 N–H and O–H groups in total. The number of sulfonamides is 1. The van der Waals surface area contributed by atoms with Crippen LogP contribution in [-0.2, 0) is 21.2 Å². The molecule has 9 heteroatoms. The van der Waals surface area contributed by atoms with E-state index in [-0.39, 0.29) is 35.5 Å². The molecule has 0 unspecified atom stereocenters. The summed E-state index contributed by atoms with van der Waals surface area (Å²) < 4.78 is 26.7. The van der Waals surface area contributed by atoms with Crippen molar-refractivity contribution in [2.75, 3.05) is 6.54 Å². The molecule has 0 aromatic heterocycles. The third-order valence-electron chi connectivity index (χ3n) is 4.27. The van der Waals surface area contributed by atoms with Crippen LogP contribution in [0.1, 0.15) is 37.4 Å². The van der Waals surface area contributed by atoms with Gasteiger partial charge in [0.1, 0.15) is 0 Å². The molecule has 2 rings (SSSR count). The third-order valence-corrected chi connectivity index (χ3v) is 5.74. The van der Waals surface area contributed by atoms with Crippen LogP contribution in [0.3, 0.4) is 0 Å². The summed E-state index contributed by atoms with van der Waals surface area (Å²) in [7, 11) is -3.84. The molecule has 0 aliphatic rings. The van der Waals surface area contributed by atoms with Crippen molar-refractivity contribution in [1.82, 2.24) is 10.0 Å². The van der Waals surface area contributed by atoms with Gasteiger partial charge < -0.3 is 5.32 Å². The van der Waals surface area contributed by atoms with Gasteiger partial charge in [-0.3, -0.25) is 14.9 Å². The van der Waals surface area contributed by atoms with Crippen LogP contribution in [-0.4, -0.2) is 25.8 Å². The zero-order chi connectivity index (χ0) is 20.7. The fourth-order valence-corrected chi connectivity index (χ4v) is 3.60. The molecule has 8 nitrogen and oxygen atoms in total. The zero-order valence-electron chi connectivity index (χ0n) is 15.7. The molecule has 0 aliphatic heterocycles. The van der Waals surface area contributed by atoms with Gasteiger partial charge in [0, 0.05) is 25.1 Å². The molecule has 0 fully saturated rings. The molecule has 2 aromatic carbocycles. The van der Waals surface area contributed by atoms with Crippen molar-refractivity contribution in [2.45, 2.75) is 37.6 Å². The van der Waals surface area contributed by atoms with Crippen molar-refractivity contribution in [3.05, 3.63) is 69.8 Å². The Morgan fingerprint density at radius 3 is 2.25 bits per heavy atom. The molecule has 28 heavy (non-hydrogen) atoms. The topological polar surface area (TPSA) is 118 Å². The largest absolute Gasteiger partial charge is 0.350 e. The minimum absolute atomic E-state index is 0.0242. The Morgan fingerprint density at radius 1 is 1.11 bits per heavy atom. The zero-order valence-corrected chi connectivity index (χ0v) is 16.5. The van der Waals surface area contributed by atoms with E-state index in [1.54, 1.807) is 0 Å². The molecule has 0 saturated carbocycles. The van der Waals surface area contributed by atoms with E-state index < -0.39 is 14.9 Å². The van der Waals surface area contributed by atoms with Gasteiger partial charge in [0.15, 0.2) is 0 Å². The second-order valence-electron chi connectivity index (χ2n) is 6.28. The Labute approximate surface area is 164 Å². The van der Waals surface area contributed by atoms with Gasteiger partial charge in [0.2, 0.25) is 15.9 Å². The van der Waals surface area contributed by atoms with Crippen LogP contribution in [0.5, 0.6) is 0 Å². The lowest BCUT2D eigenvalue weighted by atomic mass is 10.0. The molecule has 0 aliphatic carbocycles. The average molecular weight is 405 g/mol. The summed E-state index contributed by atoms with van der Waals surface area (Å²) in [6, 6.07) is 12.3. The molecule has 150 valence electrons. The van der Waals surface area contributed by atoms with Gasteiger partial charge in [0.05, 0.1) is 15.9 Å². The first kappa shape index (κ1) is 21.5. The first-order chi connectivity index (χ1) is 13.2. The van der Waals surface area contributed by atoms with Crippen molar-refractivity contribution in [2.24, 2.45) is 0 Å². The van der Waals surface area contributed by atoms with Crippen LogP contribution in [0.15, 0.2) is 53.4 Å². The summed E-state index contributed by atoms with van der Waals surface area (Å²) in [5, 5.41) is 13.5. The highest BCUT2D eigenvalue weighted by Gasteiger charge is 2.16. The number of hydrogen-bond donors (Lipinski definition) is 2. The molecular formula is C19H23N3O5S. The number of nitro groups is 1. The Balaban J connectivity index is 1.85. The lowest BCUT2D eigenvalue weighted by molar-refractivity contribution is -0.384. The first-order valence-corrected chi connectivity index (χ1v) is 10.3. The first-order valence-electron chi connectivity index (χ1n) is 8.85. The summed E-state index contributed by atoms with van der Waals surface area (Å²) >= 11 is 0. The van der Waals surface area contributed by atoms with Gasteiger partial charge in [0.25, 0.3) is 5.69 Å². The fraction of sp³-hybridized carbons (Fsp3) is 0.316. The van der Waals surface area contributed by atoms with E-state index in [2.05, 4.69) is 17.0 Å². The van der Waals surface area contributed by atoms with Crippen molar-refractivity contribution < 1.29 is 18.1 Å². The number of nitrogens with zero attached hydrogens (tertiary/aromatic N) is 1. The summed E-state index contributed by atoms with van der Waals surface area (Å²) in [6.07, 6.45) is 0.916. The molecule has 1 amide bonds. The molecular weight excluding hydrogens is 382 g/mol. The van der Waals surface area contributed by atoms with E-state index in [1.165, 1.54) is 5.56 Å². The maximum absolute atomic E-state index is 12.2. The van der Waals surface area contributed by atoms with E-state index in [4.69, 9.17) is 0 Å². The number of carbonyl (C=O) groups excluding carboxylic acids is 1. The number of nitro benzene ring substituents is 1. The summed E-state index contributed by atoms with van der Waals surface area (Å²) in [5.41, 5.74) is 1.99. The number of aryl methyl sites for hydroxylation is 1. The molecule has 2 aromatic rings. The van der Waals surface area contributed by atoms with Crippen LogP contribution in [0, 0.1) is 10.1 Å². The van der Waals surface area contributed by atoms with Crippen LogP contribution in [0.2, 0.25) is 0 Å². The maximum atomic E-state index is 12.2. The Hall–Kier alpha value is -2.78. The van der Waals surface area contributed by atoms with E-state index in [1.807, 2.05) is 31.2 Å². The summed E-state index contributed by atoms with van der Waals surface area (Å²) in [4.78, 5) is 22.0. The number of amides is 1. The third kappa shape index (κ3) is 5.86. The van der Waals surface area contributed by atoms with Crippen LogP contribution >= 0.6 is 0 Å². The van der Waals surface area contributed by atoms with Gasteiger partial charge in [-0.05, 0) is 36.6 Å². The molecule has 0 heterocycles. The summed E-state index contributed by atoms with van der Waals surface area (Å²) in [5.74, 6) is -0.279. The Kier molecular flexibility index (Phi) is 7.24. The lowest BCUT2D eigenvalue weighted by Gasteiger charge is -2.15. The van der Waals surface area contributed by atoms with Crippen molar-refractivity contribution in [3.8, 4) is 0 Å². The second kappa shape index (κ2) is 9.43. The standard InChI is InChI=1S/C19H23N3O5S/c1-3-15-4-6-16(7-5-15)14(2)21-19(23)12-13-20-28(26,27)18-10-8-17(9-11-18)22(24)25/h4-11,14,20H,3,12-13H2,1-2H3,(H,21,23)/t14-/m1/s1. The number of rotatable bonds is 9. The minimum atomic E-state index is -3.84. The number of carbonyl (C=O) groups is 1. The van der Waals surface area contributed by atoms with Gasteiger partial charge in [-0.25, -0.2) is 13.1 Å². The van der Waals surface area contributed by atoms with Crippen molar-refractivity contribution in [1.29, 1.82) is 0 Å². The molecule has 0 radical (unpaired) electrons. The Bertz CT molecular complexity index is 925. The van der Waals surface area contributed by atoms with Crippen molar-refractivity contribution in [3.63, 3.8) is 0 Å². The number of hydrogen-bond acceptors (Lipinski definition) is 5.